The van der Waals surface area contributed by atoms with Gasteiger partial charge >= 0.3 is 15.6 Å². The monoisotopic (exact) mass is 333 g/mol. The summed E-state index contributed by atoms with van der Waals surface area (Å²) in [5.74, 6) is -0.261. The molecule has 0 fully saturated rings. The molecule has 0 aliphatic heterocycles. The minimum Gasteiger partial charge on any atom is -0.403 e. The summed E-state index contributed by atoms with van der Waals surface area (Å²) in [5, 5.41) is 10.4. The molecule has 0 aliphatic rings. The van der Waals surface area contributed by atoms with Crippen LogP contribution in [0.3, 0.4) is 0 Å². The maximum atomic E-state index is 11.6. The maximum absolute atomic E-state index is 11.6. The maximum Gasteiger partial charge on any atom is 0.555 e. The fourth-order valence-corrected chi connectivity index (χ4v) is 2.93. The van der Waals surface area contributed by atoms with Crippen molar-refractivity contribution >= 4 is 33.2 Å². The molecular formula is C6H6ClNO9P2. The van der Waals surface area contributed by atoms with Gasteiger partial charge in [0.15, 0.2) is 0 Å². The predicted molar refractivity (Wildman–Crippen MR) is 61.4 cm³/mol. The summed E-state index contributed by atoms with van der Waals surface area (Å²) >= 11 is 4.78. The molecule has 0 amide bonds. The van der Waals surface area contributed by atoms with Crippen molar-refractivity contribution in [2.45, 2.75) is 0 Å². The Labute approximate surface area is 111 Å². The molecule has 13 heteroatoms. The van der Waals surface area contributed by atoms with Gasteiger partial charge in [0, 0.05) is 12.1 Å². The van der Waals surface area contributed by atoms with E-state index in [-0.39, 0.29) is 11.4 Å². The lowest BCUT2D eigenvalue weighted by Gasteiger charge is -2.14. The summed E-state index contributed by atoms with van der Waals surface area (Å²) in [4.78, 5) is 26.7. The van der Waals surface area contributed by atoms with Crippen LogP contribution in [0.4, 0.5) is 5.69 Å². The highest BCUT2D eigenvalue weighted by molar-refractivity contribution is 7.61. The molecule has 106 valence electrons. The van der Waals surface area contributed by atoms with Gasteiger partial charge in [0.25, 0.3) is 5.69 Å². The smallest absolute Gasteiger partial charge is 0.403 e. The normalized spacial score (nSPS) is 14.7. The topological polar surface area (TPSA) is 145 Å². The standard InChI is InChI=1S/C6H6ClNO9P2/c7-16-19(14,17-18(11,12)13)15-6-3-1-5(2-4-6)8(9)10/h1-4H,(H2,11,12,13). The molecule has 0 bridgehead atoms. The summed E-state index contributed by atoms with van der Waals surface area (Å²) in [5.41, 5.74) is -0.273. The molecule has 1 aromatic carbocycles. The number of hydrogen-bond donors (Lipinski definition) is 2. The van der Waals surface area contributed by atoms with E-state index in [9.17, 15) is 19.2 Å². The van der Waals surface area contributed by atoms with Crippen LogP contribution in [-0.2, 0) is 17.5 Å². The van der Waals surface area contributed by atoms with E-state index in [2.05, 4.69) is 12.9 Å². The van der Waals surface area contributed by atoms with E-state index in [4.69, 9.17) is 21.7 Å². The van der Waals surface area contributed by atoms with Crippen molar-refractivity contribution in [2.24, 2.45) is 0 Å². The fraction of sp³-hybridized carbons (Fsp3) is 0. The van der Waals surface area contributed by atoms with Gasteiger partial charge in [-0.3, -0.25) is 10.1 Å². The Morgan fingerprint density at radius 1 is 1.21 bits per heavy atom. The largest absolute Gasteiger partial charge is 0.555 e. The summed E-state index contributed by atoms with van der Waals surface area (Å²) in [7, 11) is -9.92. The van der Waals surface area contributed by atoms with Crippen molar-refractivity contribution in [2.75, 3.05) is 0 Å². The summed E-state index contributed by atoms with van der Waals surface area (Å²) < 4.78 is 34.1. The van der Waals surface area contributed by atoms with Crippen molar-refractivity contribution in [1.82, 2.24) is 0 Å². The lowest BCUT2D eigenvalue weighted by molar-refractivity contribution is -0.384. The van der Waals surface area contributed by atoms with Crippen LogP contribution in [0, 0.1) is 10.1 Å². The SMILES string of the molecule is O=[N+]([O-])c1ccc(OP(=O)(OCl)OP(=O)(O)O)cc1. The molecule has 0 heterocycles. The highest BCUT2D eigenvalue weighted by Gasteiger charge is 2.38. The first-order chi connectivity index (χ1) is 8.65. The molecule has 10 nitrogen and oxygen atoms in total. The van der Waals surface area contributed by atoms with Gasteiger partial charge in [-0.1, -0.05) is 0 Å². The van der Waals surface area contributed by atoms with E-state index >= 15 is 0 Å². The Morgan fingerprint density at radius 2 is 1.74 bits per heavy atom. The van der Waals surface area contributed by atoms with Crippen LogP contribution < -0.4 is 4.52 Å². The molecule has 1 unspecified atom stereocenters. The van der Waals surface area contributed by atoms with Crippen LogP contribution in [0.1, 0.15) is 0 Å². The van der Waals surface area contributed by atoms with Gasteiger partial charge in [0.1, 0.15) is 5.75 Å². The molecule has 2 N–H and O–H groups in total. The summed E-state index contributed by atoms with van der Waals surface area (Å²) in [6.07, 6.45) is 0. The Hall–Kier alpha value is -0.990. The minimum absolute atomic E-state index is 0.261. The van der Waals surface area contributed by atoms with Gasteiger partial charge in [-0.15, -0.1) is 0 Å². The van der Waals surface area contributed by atoms with Crippen LogP contribution in [0.2, 0.25) is 0 Å². The van der Waals surface area contributed by atoms with Gasteiger partial charge in [0.2, 0.25) is 0 Å². The summed E-state index contributed by atoms with van der Waals surface area (Å²) in [6, 6.07) is 4.05. The number of halogens is 1. The zero-order valence-electron chi connectivity index (χ0n) is 8.78. The lowest BCUT2D eigenvalue weighted by Crippen LogP contribution is -1.97. The van der Waals surface area contributed by atoms with E-state index in [1.165, 1.54) is 0 Å². The van der Waals surface area contributed by atoms with Crippen LogP contribution in [0.25, 0.3) is 0 Å². The van der Waals surface area contributed by atoms with E-state index in [1.807, 2.05) is 0 Å². The molecular weight excluding hydrogens is 327 g/mol. The highest BCUT2D eigenvalue weighted by Crippen LogP contribution is 2.61. The number of non-ortho nitro benzene ring substituents is 1. The highest BCUT2D eigenvalue weighted by atomic mass is 35.5. The number of rotatable bonds is 6. The van der Waals surface area contributed by atoms with Gasteiger partial charge in [-0.05, 0) is 12.1 Å². The van der Waals surface area contributed by atoms with Crippen LogP contribution in [0.15, 0.2) is 24.3 Å². The third kappa shape index (κ3) is 5.25. The first-order valence-corrected chi connectivity index (χ1v) is 7.56. The van der Waals surface area contributed by atoms with Crippen molar-refractivity contribution in [3.8, 4) is 5.75 Å². The molecule has 1 rings (SSSR count). The average Bonchev–Trinajstić information content (AvgIpc) is 2.27. The zero-order valence-corrected chi connectivity index (χ0v) is 11.3. The molecule has 1 aromatic rings. The van der Waals surface area contributed by atoms with E-state index in [1.54, 1.807) is 0 Å². The van der Waals surface area contributed by atoms with Crippen molar-refractivity contribution in [3.05, 3.63) is 34.4 Å². The fourth-order valence-electron chi connectivity index (χ4n) is 0.931. The van der Waals surface area contributed by atoms with Gasteiger partial charge < -0.3 is 14.3 Å². The average molecular weight is 334 g/mol. The number of benzene rings is 1. The quantitative estimate of drug-likeness (QED) is 0.455. The van der Waals surface area contributed by atoms with Gasteiger partial charge in [-0.25, -0.2) is 9.13 Å². The van der Waals surface area contributed by atoms with Crippen LogP contribution in [0.5, 0.6) is 5.75 Å². The number of hydrogen-bond acceptors (Lipinski definition) is 7. The lowest BCUT2D eigenvalue weighted by atomic mass is 10.3. The number of nitro benzene ring substituents is 1. The van der Waals surface area contributed by atoms with Crippen molar-refractivity contribution in [3.63, 3.8) is 0 Å². The number of nitro groups is 1. The molecule has 0 saturated carbocycles. The number of nitrogens with zero attached hydrogens (tertiary/aromatic N) is 1. The van der Waals surface area contributed by atoms with E-state index in [0.717, 1.165) is 24.3 Å². The molecule has 0 aliphatic carbocycles. The third-order valence-electron chi connectivity index (χ3n) is 1.56. The molecule has 1 atom stereocenters. The predicted octanol–water partition coefficient (Wildman–Crippen LogP) is 2.36. The zero-order chi connectivity index (χ0) is 14.7. The molecule has 0 radical (unpaired) electrons. The van der Waals surface area contributed by atoms with Gasteiger partial charge in [-0.2, -0.15) is 8.39 Å². The van der Waals surface area contributed by atoms with Crippen molar-refractivity contribution in [1.29, 1.82) is 0 Å². The Bertz CT molecular complexity index is 554. The van der Waals surface area contributed by atoms with Crippen molar-refractivity contribution < 1.29 is 36.8 Å². The minimum atomic E-state index is -5.17. The molecule has 0 aromatic heterocycles. The molecule has 0 saturated heterocycles. The second kappa shape index (κ2) is 5.98. The van der Waals surface area contributed by atoms with Gasteiger partial charge in [0.05, 0.1) is 16.8 Å². The number of phosphoric acid groups is 2. The second-order valence-corrected chi connectivity index (χ2v) is 6.19. The summed E-state index contributed by atoms with van der Waals surface area (Å²) in [6.45, 7) is 0. The first-order valence-electron chi connectivity index (χ1n) is 4.26. The third-order valence-corrected chi connectivity index (χ3v) is 4.32. The molecule has 0 spiro atoms. The second-order valence-electron chi connectivity index (χ2n) is 2.93. The van der Waals surface area contributed by atoms with E-state index < -0.39 is 20.6 Å². The van der Waals surface area contributed by atoms with E-state index in [0.29, 0.717) is 0 Å². The molecule has 19 heavy (non-hydrogen) atoms. The Kier molecular flexibility index (Phi) is 5.05. The van der Waals surface area contributed by atoms with Crippen LogP contribution >= 0.6 is 27.5 Å². The Morgan fingerprint density at radius 3 is 2.11 bits per heavy atom. The van der Waals surface area contributed by atoms with Crippen LogP contribution in [-0.4, -0.2) is 14.7 Å². The first kappa shape index (κ1) is 16.1. The Balaban J connectivity index is 2.90.